The lowest BCUT2D eigenvalue weighted by Gasteiger charge is -2.24. The molecule has 3 aromatic rings. The molecule has 8 heteroatoms. The van der Waals surface area contributed by atoms with Gasteiger partial charge in [0.25, 0.3) is 5.91 Å². The second-order valence-electron chi connectivity index (χ2n) is 7.18. The molecule has 1 atom stereocenters. The Balaban J connectivity index is 1.50. The molecule has 2 N–H and O–H groups in total. The fourth-order valence-electron chi connectivity index (χ4n) is 3.86. The first-order valence-electron chi connectivity index (χ1n) is 9.39. The first kappa shape index (κ1) is 18.6. The first-order valence-corrected chi connectivity index (χ1v) is 10.2. The third-order valence-electron chi connectivity index (χ3n) is 5.29. The van der Waals surface area contributed by atoms with Crippen LogP contribution in [0.15, 0.2) is 42.5 Å². The number of amides is 2. The van der Waals surface area contributed by atoms with Gasteiger partial charge in [0.05, 0.1) is 9.88 Å². The van der Waals surface area contributed by atoms with E-state index in [1.165, 1.54) is 35.6 Å². The molecular weight excluding hydrogens is 407 g/mol. The molecule has 1 aromatic heterocycles. The molecule has 152 valence electrons. The summed E-state index contributed by atoms with van der Waals surface area (Å²) in [5, 5.41) is 6.36. The van der Waals surface area contributed by atoms with Crippen molar-refractivity contribution in [1.29, 1.82) is 0 Å². The van der Waals surface area contributed by atoms with Gasteiger partial charge >= 0.3 is 0 Å². The molecule has 0 saturated heterocycles. The average Bonchev–Trinajstić information content (AvgIpc) is 3.33. The quantitative estimate of drug-likeness (QED) is 0.642. The summed E-state index contributed by atoms with van der Waals surface area (Å²) in [6, 6.07) is 11.3. The summed E-state index contributed by atoms with van der Waals surface area (Å²) in [4.78, 5) is 25.7. The largest absolute Gasteiger partial charge is 0.454 e. The summed E-state index contributed by atoms with van der Waals surface area (Å²) in [5.41, 5.74) is 3.19. The maximum atomic E-state index is 13.1. The van der Waals surface area contributed by atoms with E-state index in [1.54, 1.807) is 0 Å². The number of carbonyl (C=O) groups is 2. The lowest BCUT2D eigenvalue weighted by Crippen LogP contribution is -2.22. The Hall–Kier alpha value is -3.39. The fourth-order valence-corrected chi connectivity index (χ4v) is 5.04. The number of hydrogen-bond acceptors (Lipinski definition) is 5. The Labute approximate surface area is 175 Å². The minimum absolute atomic E-state index is 0.100. The highest BCUT2D eigenvalue weighted by molar-refractivity contribution is 7.18. The Morgan fingerprint density at radius 1 is 1.17 bits per heavy atom. The molecule has 0 saturated carbocycles. The van der Waals surface area contributed by atoms with E-state index in [0.29, 0.717) is 27.1 Å². The molecule has 0 aliphatic carbocycles. The van der Waals surface area contributed by atoms with Gasteiger partial charge in [-0.2, -0.15) is 0 Å². The highest BCUT2D eigenvalue weighted by Gasteiger charge is 2.33. The fraction of sp³-hybridized carbons (Fsp3) is 0.182. The van der Waals surface area contributed by atoms with E-state index in [-0.39, 0.29) is 36.8 Å². The van der Waals surface area contributed by atoms with Gasteiger partial charge in [0.2, 0.25) is 12.7 Å². The topological polar surface area (TPSA) is 76.7 Å². The van der Waals surface area contributed by atoms with E-state index in [4.69, 9.17) is 9.47 Å². The van der Waals surface area contributed by atoms with Gasteiger partial charge in [-0.1, -0.05) is 6.07 Å². The van der Waals surface area contributed by atoms with Crippen LogP contribution in [0.5, 0.6) is 11.5 Å². The van der Waals surface area contributed by atoms with E-state index in [0.717, 1.165) is 16.7 Å². The predicted molar refractivity (Wildman–Crippen MR) is 111 cm³/mol. The van der Waals surface area contributed by atoms with Gasteiger partial charge in [-0.3, -0.25) is 9.59 Å². The van der Waals surface area contributed by atoms with Crippen LogP contribution in [0, 0.1) is 12.7 Å². The number of carbonyl (C=O) groups excluding carboxylic acids is 2. The van der Waals surface area contributed by atoms with Crippen LogP contribution >= 0.6 is 11.3 Å². The second kappa shape index (κ2) is 7.14. The molecule has 0 unspecified atom stereocenters. The maximum absolute atomic E-state index is 13.1. The number of ether oxygens (including phenoxy) is 2. The number of benzene rings is 2. The first-order chi connectivity index (χ1) is 14.5. The van der Waals surface area contributed by atoms with E-state index in [1.807, 2.05) is 25.1 Å². The van der Waals surface area contributed by atoms with Gasteiger partial charge in [-0.05, 0) is 60.0 Å². The van der Waals surface area contributed by atoms with E-state index in [2.05, 4.69) is 10.6 Å². The molecule has 2 aliphatic rings. The van der Waals surface area contributed by atoms with Crippen molar-refractivity contribution in [1.82, 2.24) is 0 Å². The van der Waals surface area contributed by atoms with Gasteiger partial charge in [0, 0.05) is 18.0 Å². The molecule has 0 spiro atoms. The summed E-state index contributed by atoms with van der Waals surface area (Å²) in [5.74, 6) is 0.383. The molecular formula is C22H17FN2O4S. The maximum Gasteiger partial charge on any atom is 0.266 e. The van der Waals surface area contributed by atoms with E-state index < -0.39 is 0 Å². The minimum Gasteiger partial charge on any atom is -0.454 e. The SMILES string of the molecule is Cc1c(C(=O)Nc2ccc(F)cc2)sc2c1[C@H](c1ccc3c(c1)OCO3)CC(=O)N2. The zero-order valence-electron chi connectivity index (χ0n) is 16.0. The second-order valence-corrected chi connectivity index (χ2v) is 8.20. The number of anilines is 2. The van der Waals surface area contributed by atoms with Gasteiger partial charge in [0.15, 0.2) is 11.5 Å². The van der Waals surface area contributed by atoms with Crippen LogP contribution in [0.4, 0.5) is 15.1 Å². The molecule has 0 radical (unpaired) electrons. The van der Waals surface area contributed by atoms with Gasteiger partial charge in [-0.25, -0.2) is 4.39 Å². The highest BCUT2D eigenvalue weighted by Crippen LogP contribution is 2.47. The zero-order valence-corrected chi connectivity index (χ0v) is 16.8. The normalized spacial score (nSPS) is 16.7. The van der Waals surface area contributed by atoms with Crippen LogP contribution in [0.1, 0.15) is 38.7 Å². The van der Waals surface area contributed by atoms with Gasteiger partial charge in [-0.15, -0.1) is 11.3 Å². The smallest absolute Gasteiger partial charge is 0.266 e. The van der Waals surface area contributed by atoms with Crippen molar-refractivity contribution in [2.75, 3.05) is 17.4 Å². The van der Waals surface area contributed by atoms with E-state index >= 15 is 0 Å². The third kappa shape index (κ3) is 3.19. The van der Waals surface area contributed by atoms with Crippen molar-refractivity contribution < 1.29 is 23.5 Å². The van der Waals surface area contributed by atoms with Gasteiger partial charge in [0.1, 0.15) is 5.82 Å². The molecule has 30 heavy (non-hydrogen) atoms. The van der Waals surface area contributed by atoms with Crippen molar-refractivity contribution in [2.45, 2.75) is 19.3 Å². The lowest BCUT2D eigenvalue weighted by molar-refractivity contribution is -0.116. The van der Waals surface area contributed by atoms with Crippen LogP contribution in [0.2, 0.25) is 0 Å². The van der Waals surface area contributed by atoms with Crippen LogP contribution < -0.4 is 20.1 Å². The van der Waals surface area contributed by atoms with Crippen LogP contribution in [-0.4, -0.2) is 18.6 Å². The van der Waals surface area contributed by atoms with Crippen LogP contribution in [-0.2, 0) is 4.79 Å². The molecule has 2 aliphatic heterocycles. The predicted octanol–water partition coefficient (Wildman–Crippen LogP) is 4.65. The molecule has 5 rings (SSSR count). The summed E-state index contributed by atoms with van der Waals surface area (Å²) < 4.78 is 24.0. The molecule has 0 fully saturated rings. The van der Waals surface area contributed by atoms with E-state index in [9.17, 15) is 14.0 Å². The summed E-state index contributed by atoms with van der Waals surface area (Å²) in [6.07, 6.45) is 0.281. The summed E-state index contributed by atoms with van der Waals surface area (Å²) >= 11 is 1.25. The van der Waals surface area contributed by atoms with Crippen molar-refractivity contribution in [3.05, 3.63) is 69.8 Å². The molecule has 3 heterocycles. The molecule has 0 bridgehead atoms. The zero-order chi connectivity index (χ0) is 20.8. The van der Waals surface area contributed by atoms with Crippen molar-refractivity contribution in [3.8, 4) is 11.5 Å². The Bertz CT molecular complexity index is 1170. The number of hydrogen-bond donors (Lipinski definition) is 2. The Morgan fingerprint density at radius 3 is 2.73 bits per heavy atom. The molecule has 2 amide bonds. The number of halogens is 1. The van der Waals surface area contributed by atoms with Crippen molar-refractivity contribution in [3.63, 3.8) is 0 Å². The van der Waals surface area contributed by atoms with Crippen LogP contribution in [0.25, 0.3) is 0 Å². The average molecular weight is 424 g/mol. The van der Waals surface area contributed by atoms with Crippen molar-refractivity contribution in [2.24, 2.45) is 0 Å². The number of nitrogens with one attached hydrogen (secondary N) is 2. The molecule has 6 nitrogen and oxygen atoms in total. The lowest BCUT2D eigenvalue weighted by atomic mass is 9.84. The van der Waals surface area contributed by atoms with Crippen molar-refractivity contribution >= 4 is 33.8 Å². The highest BCUT2D eigenvalue weighted by atomic mass is 32.1. The number of rotatable bonds is 3. The standard InChI is InChI=1S/C22H17FN2O4S/c1-11-19-15(12-2-7-16-17(8-12)29-10-28-16)9-18(26)25-22(19)30-20(11)21(27)24-14-5-3-13(23)4-6-14/h2-8,15H,9-10H2,1H3,(H,24,27)(H,25,26)/t15-/m0/s1. The molecule has 2 aromatic carbocycles. The monoisotopic (exact) mass is 424 g/mol. The summed E-state index contributed by atoms with van der Waals surface area (Å²) in [6.45, 7) is 2.06. The third-order valence-corrected chi connectivity index (χ3v) is 6.51. The number of thiophene rings is 1. The van der Waals surface area contributed by atoms with Crippen LogP contribution in [0.3, 0.4) is 0 Å². The Kier molecular flexibility index (Phi) is 4.43. The number of fused-ring (bicyclic) bond motifs is 2. The summed E-state index contributed by atoms with van der Waals surface area (Å²) in [7, 11) is 0. The van der Waals surface area contributed by atoms with Gasteiger partial charge < -0.3 is 20.1 Å². The minimum atomic E-state index is -0.370. The Morgan fingerprint density at radius 2 is 1.93 bits per heavy atom.